The molecule has 0 aliphatic heterocycles. The lowest BCUT2D eigenvalue weighted by Gasteiger charge is -2.20. The number of carbonyl (C=O) groups excluding carboxylic acids is 1. The number of nitrogens with zero attached hydrogens (tertiary/aromatic N) is 6. The van der Waals surface area contributed by atoms with Gasteiger partial charge in [-0.1, -0.05) is 30.2 Å². The van der Waals surface area contributed by atoms with E-state index in [9.17, 15) is 9.59 Å². The minimum absolute atomic E-state index is 0.0506. The zero-order valence-corrected chi connectivity index (χ0v) is 22.3. The molecule has 0 spiro atoms. The topological polar surface area (TPSA) is 133 Å². The van der Waals surface area contributed by atoms with Gasteiger partial charge in [0.15, 0.2) is 5.65 Å². The van der Waals surface area contributed by atoms with Crippen LogP contribution in [0.2, 0.25) is 0 Å². The molecule has 0 bridgehead atoms. The van der Waals surface area contributed by atoms with Gasteiger partial charge in [-0.05, 0) is 44.0 Å². The number of fused-ring (bicyclic) bond motifs is 2. The minimum Gasteiger partial charge on any atom is -0.383 e. The average molecular weight is 547 g/mol. The van der Waals surface area contributed by atoms with Crippen LogP contribution >= 0.6 is 11.3 Å². The second kappa shape index (κ2) is 10.1. The van der Waals surface area contributed by atoms with Crippen molar-refractivity contribution in [1.29, 1.82) is 0 Å². The van der Waals surface area contributed by atoms with Crippen LogP contribution < -0.4 is 16.6 Å². The highest BCUT2D eigenvalue weighted by Gasteiger charge is 2.24. The van der Waals surface area contributed by atoms with Gasteiger partial charge in [0.05, 0.1) is 38.7 Å². The number of nitrogens with one attached hydrogen (secondary N) is 1. The zero-order valence-electron chi connectivity index (χ0n) is 21.5. The van der Waals surface area contributed by atoms with Crippen molar-refractivity contribution in [3.05, 3.63) is 111 Å². The van der Waals surface area contributed by atoms with E-state index in [1.807, 2.05) is 43.3 Å². The van der Waals surface area contributed by atoms with Crippen molar-refractivity contribution in [2.45, 2.75) is 19.9 Å². The number of amides is 1. The summed E-state index contributed by atoms with van der Waals surface area (Å²) in [6, 6.07) is 13.8. The van der Waals surface area contributed by atoms with Crippen molar-refractivity contribution in [2.75, 3.05) is 5.73 Å². The molecule has 11 heteroatoms. The number of aromatic nitrogens is 6. The molecule has 0 saturated carbocycles. The van der Waals surface area contributed by atoms with E-state index in [-0.39, 0.29) is 16.9 Å². The highest BCUT2D eigenvalue weighted by atomic mass is 32.1. The van der Waals surface area contributed by atoms with Gasteiger partial charge in [-0.15, -0.1) is 11.3 Å². The van der Waals surface area contributed by atoms with Gasteiger partial charge in [0.25, 0.3) is 11.5 Å². The fourth-order valence-electron chi connectivity index (χ4n) is 4.47. The largest absolute Gasteiger partial charge is 0.383 e. The van der Waals surface area contributed by atoms with E-state index < -0.39 is 11.9 Å². The molecule has 4 aromatic heterocycles. The van der Waals surface area contributed by atoms with Crippen molar-refractivity contribution in [3.8, 4) is 17.5 Å². The molecule has 0 aliphatic rings. The van der Waals surface area contributed by atoms with Crippen LogP contribution in [0.15, 0.2) is 78.2 Å². The Kier molecular flexibility index (Phi) is 6.30. The van der Waals surface area contributed by atoms with E-state index in [0.29, 0.717) is 33.6 Å². The Labute approximate surface area is 232 Å². The maximum absolute atomic E-state index is 14.1. The van der Waals surface area contributed by atoms with Gasteiger partial charge in [-0.2, -0.15) is 0 Å². The minimum atomic E-state index is -0.686. The van der Waals surface area contributed by atoms with Crippen LogP contribution in [0.5, 0.6) is 0 Å². The summed E-state index contributed by atoms with van der Waals surface area (Å²) in [6.45, 7) is 3.67. The predicted octanol–water partition coefficient (Wildman–Crippen LogP) is 3.67. The van der Waals surface area contributed by atoms with E-state index >= 15 is 0 Å². The highest BCUT2D eigenvalue weighted by Crippen LogP contribution is 2.22. The molecule has 4 heterocycles. The third kappa shape index (κ3) is 4.46. The van der Waals surface area contributed by atoms with Gasteiger partial charge >= 0.3 is 0 Å². The Morgan fingerprint density at radius 2 is 1.90 bits per heavy atom. The van der Waals surface area contributed by atoms with Gasteiger partial charge in [0, 0.05) is 18.0 Å². The molecule has 196 valence electrons. The van der Waals surface area contributed by atoms with E-state index in [1.54, 1.807) is 42.0 Å². The van der Waals surface area contributed by atoms with Crippen LogP contribution in [0, 0.1) is 18.8 Å². The molecule has 6 aromatic rings. The molecule has 0 saturated heterocycles. The number of rotatable bonds is 4. The van der Waals surface area contributed by atoms with Crippen molar-refractivity contribution in [3.63, 3.8) is 0 Å². The normalized spacial score (nSPS) is 11.8. The fourth-order valence-corrected chi connectivity index (χ4v) is 5.10. The summed E-state index contributed by atoms with van der Waals surface area (Å²) in [5.41, 5.74) is 7.91. The van der Waals surface area contributed by atoms with Gasteiger partial charge in [-0.25, -0.2) is 19.9 Å². The molecule has 2 aromatic carbocycles. The highest BCUT2D eigenvalue weighted by molar-refractivity contribution is 7.12. The molecule has 3 N–H and O–H groups in total. The Morgan fingerprint density at radius 1 is 1.07 bits per heavy atom. The van der Waals surface area contributed by atoms with Crippen LogP contribution in [0.1, 0.15) is 44.6 Å². The molecule has 0 fully saturated rings. The van der Waals surface area contributed by atoms with E-state index in [1.165, 1.54) is 22.2 Å². The molecular weight excluding hydrogens is 524 g/mol. The maximum Gasteiger partial charge on any atom is 0.267 e. The number of nitrogens with two attached hydrogens (primary N) is 1. The summed E-state index contributed by atoms with van der Waals surface area (Å²) in [5, 5.41) is 4.23. The lowest BCUT2D eigenvalue weighted by Crippen LogP contribution is -2.34. The molecule has 6 rings (SSSR count). The second-order valence-corrected chi connectivity index (χ2v) is 10.2. The monoisotopic (exact) mass is 546 g/mol. The van der Waals surface area contributed by atoms with E-state index in [4.69, 9.17) is 10.7 Å². The number of aryl methyl sites for hydroxylation is 1. The van der Waals surface area contributed by atoms with E-state index in [0.717, 1.165) is 9.88 Å². The molecule has 0 aliphatic carbocycles. The molecule has 1 amide bonds. The SMILES string of the molecule is Cc1ncc(C#Cc2cccc3nc(C(C)NC(=O)c4c(N)ncn5ccnc45)n(-c4ccccc4)c(=O)c23)s1. The Morgan fingerprint density at radius 3 is 2.67 bits per heavy atom. The summed E-state index contributed by atoms with van der Waals surface area (Å²) in [4.78, 5) is 45.8. The quantitative estimate of drug-likeness (QED) is 0.322. The van der Waals surface area contributed by atoms with Crippen LogP contribution in [-0.4, -0.2) is 34.8 Å². The third-order valence-electron chi connectivity index (χ3n) is 6.31. The standard InChI is InChI=1S/C29H22N8O2S/c1-17(34-28(38)24-25(30)33-16-36-14-13-31-27(24)36)26-35-22-10-6-7-19(11-12-21-15-32-18(2)40-21)23(22)29(39)37(26)20-8-4-3-5-9-20/h3-10,13-17H,30H2,1-2H3,(H,34,38). The Bertz CT molecular complexity index is 2030. The fraction of sp³-hybridized carbons (Fsp3) is 0.103. The van der Waals surface area contributed by atoms with E-state index in [2.05, 4.69) is 32.1 Å². The molecule has 40 heavy (non-hydrogen) atoms. The first-order chi connectivity index (χ1) is 19.4. The van der Waals surface area contributed by atoms with Gasteiger partial charge in [0.1, 0.15) is 23.5 Å². The number of para-hydroxylation sites is 1. The molecule has 1 atom stereocenters. The summed E-state index contributed by atoms with van der Waals surface area (Å²) < 4.78 is 3.12. The van der Waals surface area contributed by atoms with Gasteiger partial charge in [0.2, 0.25) is 0 Å². The van der Waals surface area contributed by atoms with Gasteiger partial charge in [-0.3, -0.25) is 18.6 Å². The number of thiazole rings is 1. The van der Waals surface area contributed by atoms with Crippen LogP contribution in [0.3, 0.4) is 0 Å². The smallest absolute Gasteiger partial charge is 0.267 e. The number of nitrogen functional groups attached to an aromatic ring is 1. The summed E-state index contributed by atoms with van der Waals surface area (Å²) in [7, 11) is 0. The van der Waals surface area contributed by atoms with Crippen molar-refractivity contribution in [2.24, 2.45) is 0 Å². The van der Waals surface area contributed by atoms with Crippen molar-refractivity contribution in [1.82, 2.24) is 34.2 Å². The van der Waals surface area contributed by atoms with Crippen LogP contribution in [0.25, 0.3) is 22.2 Å². The lowest BCUT2D eigenvalue weighted by molar-refractivity contribution is 0.0939. The van der Waals surface area contributed by atoms with Gasteiger partial charge < -0.3 is 11.1 Å². The van der Waals surface area contributed by atoms with Crippen molar-refractivity contribution < 1.29 is 4.79 Å². The number of hydrogen-bond acceptors (Lipinski definition) is 8. The first-order valence-corrected chi connectivity index (χ1v) is 13.2. The predicted molar refractivity (Wildman–Crippen MR) is 153 cm³/mol. The van der Waals surface area contributed by atoms with Crippen molar-refractivity contribution >= 4 is 39.6 Å². The number of benzene rings is 2. The summed E-state index contributed by atoms with van der Waals surface area (Å²) in [5.74, 6) is 6.15. The molecular formula is C29H22N8O2S. The molecule has 0 radical (unpaired) electrons. The average Bonchev–Trinajstić information content (AvgIpc) is 3.60. The first kappa shape index (κ1) is 25.0. The Balaban J connectivity index is 1.48. The third-order valence-corrected chi connectivity index (χ3v) is 7.14. The second-order valence-electron chi connectivity index (χ2n) is 9.00. The number of hydrogen-bond donors (Lipinski definition) is 2. The maximum atomic E-state index is 14.1. The molecule has 10 nitrogen and oxygen atoms in total. The lowest BCUT2D eigenvalue weighted by atomic mass is 10.1. The number of imidazole rings is 1. The summed E-state index contributed by atoms with van der Waals surface area (Å²) >= 11 is 1.49. The molecule has 1 unspecified atom stereocenters. The first-order valence-electron chi connectivity index (χ1n) is 12.3. The summed E-state index contributed by atoms with van der Waals surface area (Å²) in [6.07, 6.45) is 6.45. The number of anilines is 1. The van der Waals surface area contributed by atoms with Crippen LogP contribution in [0.4, 0.5) is 5.82 Å². The Hall–Kier alpha value is -5.34. The number of carbonyl (C=O) groups is 1. The van der Waals surface area contributed by atoms with Crippen LogP contribution in [-0.2, 0) is 0 Å². The zero-order chi connectivity index (χ0) is 27.8.